The first-order valence-corrected chi connectivity index (χ1v) is 8.26. The maximum atomic E-state index is 12.6. The maximum absolute atomic E-state index is 12.6. The van der Waals surface area contributed by atoms with Gasteiger partial charge in [0.1, 0.15) is 5.65 Å². The fraction of sp³-hybridized carbons (Fsp3) is 0.158. The minimum Gasteiger partial charge on any atom is -0.493 e. The van der Waals surface area contributed by atoms with Crippen LogP contribution in [-0.4, -0.2) is 23.1 Å². The van der Waals surface area contributed by atoms with Crippen LogP contribution in [0, 0.1) is 6.92 Å². The van der Waals surface area contributed by atoms with Crippen molar-refractivity contribution in [2.75, 3.05) is 7.11 Å². The van der Waals surface area contributed by atoms with Crippen LogP contribution in [0.1, 0.15) is 17.0 Å². The number of rotatable bonds is 5. The lowest BCUT2D eigenvalue weighted by Crippen LogP contribution is -2.17. The topological polar surface area (TPSA) is 52.8 Å². The highest BCUT2D eigenvalue weighted by Crippen LogP contribution is 2.31. The number of nitrogens with zero attached hydrogens (tertiary/aromatic N) is 2. The van der Waals surface area contributed by atoms with Gasteiger partial charge in [-0.2, -0.15) is 8.78 Å². The summed E-state index contributed by atoms with van der Waals surface area (Å²) in [6.45, 7) is -1.19. The highest BCUT2D eigenvalue weighted by atomic mass is 35.5. The van der Waals surface area contributed by atoms with E-state index in [0.717, 1.165) is 5.69 Å². The van der Waals surface area contributed by atoms with Crippen molar-refractivity contribution in [2.45, 2.75) is 13.5 Å². The number of pyridine rings is 1. The van der Waals surface area contributed by atoms with Crippen LogP contribution in [0.3, 0.4) is 0 Å². The number of alkyl halides is 2. The molecular weight excluding hydrogens is 378 g/mol. The number of methoxy groups -OCH3 is 1. The molecule has 0 saturated carbocycles. The molecule has 0 fully saturated rings. The minimum atomic E-state index is -2.99. The molecule has 0 saturated heterocycles. The molecule has 0 spiro atoms. The Hall–Kier alpha value is -2.93. The van der Waals surface area contributed by atoms with E-state index in [-0.39, 0.29) is 27.8 Å². The molecule has 0 aliphatic rings. The molecule has 0 atom stereocenters. The first kappa shape index (κ1) is 18.8. The Morgan fingerprint density at radius 3 is 2.70 bits per heavy atom. The average Bonchev–Trinajstić information content (AvgIpc) is 2.61. The van der Waals surface area contributed by atoms with E-state index < -0.39 is 6.61 Å². The van der Waals surface area contributed by atoms with Crippen molar-refractivity contribution in [3.8, 4) is 11.5 Å². The number of fused-ring (bicyclic) bond motifs is 1. The molecular formula is C19H15ClF2N2O3. The molecule has 140 valence electrons. The zero-order valence-electron chi connectivity index (χ0n) is 14.4. The molecule has 0 aliphatic carbocycles. The second-order valence-corrected chi connectivity index (χ2v) is 6.03. The highest BCUT2D eigenvalue weighted by molar-refractivity contribution is 6.51. The molecule has 0 radical (unpaired) electrons. The number of aryl methyl sites for hydroxylation is 1. The van der Waals surface area contributed by atoms with Gasteiger partial charge in [0.05, 0.1) is 17.8 Å². The van der Waals surface area contributed by atoms with Crippen LogP contribution < -0.4 is 15.0 Å². The van der Waals surface area contributed by atoms with Crippen LogP contribution in [0.25, 0.3) is 16.8 Å². The van der Waals surface area contributed by atoms with Crippen molar-refractivity contribution in [2.24, 2.45) is 0 Å². The molecule has 5 nitrogen and oxygen atoms in total. The number of hydrogen-bond acceptors (Lipinski definition) is 4. The van der Waals surface area contributed by atoms with E-state index in [0.29, 0.717) is 11.2 Å². The lowest BCUT2D eigenvalue weighted by Gasteiger charge is -2.10. The number of ether oxygens (including phenoxy) is 2. The summed E-state index contributed by atoms with van der Waals surface area (Å²) in [6, 6.07) is 11.1. The van der Waals surface area contributed by atoms with Crippen LogP contribution >= 0.6 is 11.6 Å². The molecule has 3 aromatic rings. The summed E-state index contributed by atoms with van der Waals surface area (Å²) >= 11 is 6.31. The van der Waals surface area contributed by atoms with Gasteiger partial charge < -0.3 is 9.47 Å². The molecule has 27 heavy (non-hydrogen) atoms. The third-order valence-electron chi connectivity index (χ3n) is 3.82. The zero-order valence-corrected chi connectivity index (χ0v) is 15.2. The van der Waals surface area contributed by atoms with E-state index in [4.69, 9.17) is 16.3 Å². The molecule has 0 bridgehead atoms. The van der Waals surface area contributed by atoms with Crippen molar-refractivity contribution >= 4 is 28.4 Å². The molecule has 1 aromatic carbocycles. The average molecular weight is 393 g/mol. The number of halogens is 3. The van der Waals surface area contributed by atoms with Gasteiger partial charge in [0.15, 0.2) is 11.5 Å². The van der Waals surface area contributed by atoms with Gasteiger partial charge in [-0.25, -0.2) is 4.98 Å². The smallest absolute Gasteiger partial charge is 0.387 e. The highest BCUT2D eigenvalue weighted by Gasteiger charge is 2.12. The Kier molecular flexibility index (Phi) is 5.41. The van der Waals surface area contributed by atoms with E-state index in [9.17, 15) is 13.6 Å². The van der Waals surface area contributed by atoms with Gasteiger partial charge in [0, 0.05) is 11.8 Å². The molecule has 2 heterocycles. The fourth-order valence-corrected chi connectivity index (χ4v) is 2.85. The first-order valence-electron chi connectivity index (χ1n) is 7.89. The van der Waals surface area contributed by atoms with Gasteiger partial charge in [-0.05, 0) is 42.8 Å². The third kappa shape index (κ3) is 4.09. The van der Waals surface area contributed by atoms with Crippen molar-refractivity contribution in [3.05, 3.63) is 69.8 Å². The Morgan fingerprint density at radius 2 is 2.00 bits per heavy atom. The quantitative estimate of drug-likeness (QED) is 0.647. The summed E-state index contributed by atoms with van der Waals surface area (Å²) in [7, 11) is 1.35. The van der Waals surface area contributed by atoms with E-state index in [1.165, 1.54) is 35.8 Å². The van der Waals surface area contributed by atoms with Crippen molar-refractivity contribution in [3.63, 3.8) is 0 Å². The van der Waals surface area contributed by atoms with Gasteiger partial charge in [0.2, 0.25) is 0 Å². The van der Waals surface area contributed by atoms with Crippen molar-refractivity contribution in [1.82, 2.24) is 9.38 Å². The Morgan fingerprint density at radius 1 is 1.22 bits per heavy atom. The maximum Gasteiger partial charge on any atom is 0.387 e. The standard InChI is InChI=1S/C19H15ClF2N2O3/c1-11-4-3-5-17-23-14(10-18(25)24(11)17)13(20)8-12-6-7-15(26-2)16(9-12)27-19(21)22/h3-10,19H,1-2H3/b13-8-. The Bertz CT molecular complexity index is 1080. The lowest BCUT2D eigenvalue weighted by molar-refractivity contribution is -0.0512. The summed E-state index contributed by atoms with van der Waals surface area (Å²) in [5, 5.41) is 0.185. The number of benzene rings is 1. The predicted octanol–water partition coefficient (Wildman–Crippen LogP) is 4.35. The fourth-order valence-electron chi connectivity index (χ4n) is 2.63. The summed E-state index contributed by atoms with van der Waals surface area (Å²) in [5.74, 6) is 0.0500. The second kappa shape index (κ2) is 7.75. The molecule has 0 aliphatic heterocycles. The van der Waals surface area contributed by atoms with Crippen LogP contribution in [0.5, 0.6) is 11.5 Å². The first-order chi connectivity index (χ1) is 12.9. The largest absolute Gasteiger partial charge is 0.493 e. The van der Waals surface area contributed by atoms with Crippen LogP contribution in [0.4, 0.5) is 8.78 Å². The van der Waals surface area contributed by atoms with Crippen LogP contribution in [-0.2, 0) is 0 Å². The summed E-state index contributed by atoms with van der Waals surface area (Å²) in [4.78, 5) is 16.7. The van der Waals surface area contributed by atoms with Crippen molar-refractivity contribution in [1.29, 1.82) is 0 Å². The normalized spacial score (nSPS) is 11.9. The monoisotopic (exact) mass is 392 g/mol. The van der Waals surface area contributed by atoms with Gasteiger partial charge in [0.25, 0.3) is 5.56 Å². The van der Waals surface area contributed by atoms with Crippen LogP contribution in [0.2, 0.25) is 0 Å². The van der Waals surface area contributed by atoms with Crippen LogP contribution in [0.15, 0.2) is 47.3 Å². The molecule has 8 heteroatoms. The second-order valence-electron chi connectivity index (χ2n) is 5.62. The van der Waals surface area contributed by atoms with E-state index in [2.05, 4.69) is 9.72 Å². The molecule has 2 aromatic heterocycles. The van der Waals surface area contributed by atoms with E-state index in [1.54, 1.807) is 31.2 Å². The summed E-state index contributed by atoms with van der Waals surface area (Å²) in [6.07, 6.45) is 1.51. The zero-order chi connectivity index (χ0) is 19.6. The SMILES string of the molecule is COc1ccc(/C=C(\Cl)c2cc(=O)n3c(C)cccc3n2)cc1OC(F)F. The van der Waals surface area contributed by atoms with Gasteiger partial charge in [-0.15, -0.1) is 0 Å². The summed E-state index contributed by atoms with van der Waals surface area (Å²) in [5.41, 5.74) is 1.71. The number of hydrogen-bond donors (Lipinski definition) is 0. The summed E-state index contributed by atoms with van der Waals surface area (Å²) < 4.78 is 36.0. The molecule has 0 unspecified atom stereocenters. The lowest BCUT2D eigenvalue weighted by atomic mass is 10.1. The molecule has 0 N–H and O–H groups in total. The van der Waals surface area contributed by atoms with Gasteiger partial charge >= 0.3 is 6.61 Å². The predicted molar refractivity (Wildman–Crippen MR) is 99.5 cm³/mol. The third-order valence-corrected chi connectivity index (χ3v) is 4.12. The van der Waals surface area contributed by atoms with Gasteiger partial charge in [-0.3, -0.25) is 9.20 Å². The van der Waals surface area contributed by atoms with E-state index in [1.807, 2.05) is 0 Å². The Labute approximate surface area is 158 Å². The van der Waals surface area contributed by atoms with Gasteiger partial charge in [-0.1, -0.05) is 23.7 Å². The van der Waals surface area contributed by atoms with E-state index >= 15 is 0 Å². The Balaban J connectivity index is 2.03. The molecule has 3 rings (SSSR count). The molecule has 0 amide bonds. The minimum absolute atomic E-state index is 0.118. The van der Waals surface area contributed by atoms with Crippen molar-refractivity contribution < 1.29 is 18.3 Å². The number of aromatic nitrogens is 2.